The highest BCUT2D eigenvalue weighted by molar-refractivity contribution is 6.30. The first kappa shape index (κ1) is 20.7. The largest absolute Gasteiger partial charge is 0.441 e. The molecule has 160 valence electrons. The normalized spacial score (nSPS) is 13.9. The van der Waals surface area contributed by atoms with Gasteiger partial charge in [0.2, 0.25) is 5.91 Å². The SMILES string of the molecule is C[C@@H](OC(=O)Nc1c(-c2cnc3c(c2)CCC(=O)N3)nnn1C)c1cc(F)cnc1Cl. The Kier molecular flexibility index (Phi) is 5.51. The fraction of sp³-hybridized carbons (Fsp3) is 0.263. The molecule has 31 heavy (non-hydrogen) atoms. The zero-order chi connectivity index (χ0) is 22.1. The molecule has 0 aliphatic carbocycles. The number of rotatable bonds is 4. The van der Waals surface area contributed by atoms with Crippen molar-refractivity contribution in [1.82, 2.24) is 25.0 Å². The summed E-state index contributed by atoms with van der Waals surface area (Å²) in [6.07, 6.45) is 1.76. The molecule has 3 aromatic rings. The molecule has 4 heterocycles. The van der Waals surface area contributed by atoms with Crippen molar-refractivity contribution in [2.75, 3.05) is 10.6 Å². The number of aromatic nitrogens is 5. The number of carbonyl (C=O) groups is 2. The van der Waals surface area contributed by atoms with E-state index in [9.17, 15) is 14.0 Å². The molecule has 1 atom stereocenters. The third-order valence-electron chi connectivity index (χ3n) is 4.72. The molecular formula is C19H17ClFN7O3. The van der Waals surface area contributed by atoms with E-state index in [0.717, 1.165) is 17.8 Å². The number of nitrogens with one attached hydrogen (secondary N) is 2. The highest BCUT2D eigenvalue weighted by Gasteiger charge is 2.22. The number of hydrogen-bond acceptors (Lipinski definition) is 7. The van der Waals surface area contributed by atoms with Crippen molar-refractivity contribution in [3.05, 3.63) is 46.6 Å². The van der Waals surface area contributed by atoms with Crippen LogP contribution in [-0.2, 0) is 23.0 Å². The lowest BCUT2D eigenvalue weighted by Gasteiger charge is -2.17. The first-order chi connectivity index (χ1) is 14.8. The lowest BCUT2D eigenvalue weighted by atomic mass is 10.0. The Morgan fingerprint density at radius 1 is 1.32 bits per heavy atom. The van der Waals surface area contributed by atoms with Crippen LogP contribution < -0.4 is 10.6 Å². The Balaban J connectivity index is 1.54. The molecule has 0 saturated carbocycles. The fourth-order valence-corrected chi connectivity index (χ4v) is 3.41. The van der Waals surface area contributed by atoms with Gasteiger partial charge in [-0.3, -0.25) is 10.1 Å². The second kappa shape index (κ2) is 8.26. The molecule has 12 heteroatoms. The van der Waals surface area contributed by atoms with Crippen LogP contribution in [-0.4, -0.2) is 37.0 Å². The molecule has 0 saturated heterocycles. The van der Waals surface area contributed by atoms with E-state index in [-0.39, 0.29) is 22.4 Å². The van der Waals surface area contributed by atoms with Gasteiger partial charge >= 0.3 is 6.09 Å². The van der Waals surface area contributed by atoms with Crippen LogP contribution >= 0.6 is 11.6 Å². The van der Waals surface area contributed by atoms with Crippen LogP contribution in [0.3, 0.4) is 0 Å². The molecule has 0 radical (unpaired) electrons. The second-order valence-electron chi connectivity index (χ2n) is 6.90. The molecule has 1 aliphatic heterocycles. The average molecular weight is 446 g/mol. The van der Waals surface area contributed by atoms with Gasteiger partial charge in [0.15, 0.2) is 5.82 Å². The van der Waals surface area contributed by atoms with Crippen molar-refractivity contribution in [2.45, 2.75) is 25.9 Å². The summed E-state index contributed by atoms with van der Waals surface area (Å²) in [5, 5.41) is 13.4. The van der Waals surface area contributed by atoms with Crippen LogP contribution in [0, 0.1) is 5.82 Å². The molecule has 0 fully saturated rings. The molecule has 0 spiro atoms. The Hall–Kier alpha value is -3.60. The van der Waals surface area contributed by atoms with Crippen LogP contribution in [0.2, 0.25) is 5.15 Å². The summed E-state index contributed by atoms with van der Waals surface area (Å²) in [5.41, 5.74) is 2.09. The Labute approximate surface area is 180 Å². The number of nitrogens with zero attached hydrogens (tertiary/aromatic N) is 5. The van der Waals surface area contributed by atoms with E-state index in [4.69, 9.17) is 16.3 Å². The highest BCUT2D eigenvalue weighted by Crippen LogP contribution is 2.30. The van der Waals surface area contributed by atoms with Gasteiger partial charge in [-0.2, -0.15) is 0 Å². The maximum atomic E-state index is 13.5. The average Bonchev–Trinajstić information content (AvgIpc) is 3.09. The minimum absolute atomic E-state index is 0.0387. The van der Waals surface area contributed by atoms with Gasteiger partial charge < -0.3 is 10.1 Å². The topological polar surface area (TPSA) is 124 Å². The monoisotopic (exact) mass is 445 g/mol. The minimum atomic E-state index is -0.852. The van der Waals surface area contributed by atoms with Gasteiger partial charge in [0.25, 0.3) is 0 Å². The number of fused-ring (bicyclic) bond motifs is 1. The van der Waals surface area contributed by atoms with E-state index in [1.165, 1.54) is 10.9 Å². The molecule has 1 aliphatic rings. The Morgan fingerprint density at radius 3 is 2.94 bits per heavy atom. The number of hydrogen-bond donors (Lipinski definition) is 2. The third-order valence-corrected chi connectivity index (χ3v) is 5.04. The van der Waals surface area contributed by atoms with Gasteiger partial charge in [0.05, 0.1) is 6.20 Å². The number of amides is 2. The van der Waals surface area contributed by atoms with Crippen molar-refractivity contribution in [1.29, 1.82) is 0 Å². The number of halogens is 2. The van der Waals surface area contributed by atoms with Gasteiger partial charge in [-0.05, 0) is 31.0 Å². The number of anilines is 2. The predicted molar refractivity (Wildman–Crippen MR) is 109 cm³/mol. The molecule has 10 nitrogen and oxygen atoms in total. The number of ether oxygens (including phenoxy) is 1. The quantitative estimate of drug-likeness (QED) is 0.590. The van der Waals surface area contributed by atoms with E-state index in [2.05, 4.69) is 30.9 Å². The first-order valence-corrected chi connectivity index (χ1v) is 9.67. The van der Waals surface area contributed by atoms with Gasteiger partial charge in [0.1, 0.15) is 28.6 Å². The van der Waals surface area contributed by atoms with Crippen LogP contribution in [0.25, 0.3) is 11.3 Å². The standard InChI is InChI=1S/C19H17ClFN7O3/c1-9(13-6-12(21)8-22-16(13)20)31-19(30)25-18-15(26-27-28(18)2)11-5-10-3-4-14(29)24-17(10)23-7-11/h5-9H,3-4H2,1-2H3,(H,25,30)(H,23,24,29)/t9-/m1/s1. The maximum absolute atomic E-state index is 13.5. The van der Waals surface area contributed by atoms with Gasteiger partial charge in [-0.25, -0.2) is 23.8 Å². The van der Waals surface area contributed by atoms with Crippen molar-refractivity contribution < 1.29 is 18.7 Å². The van der Waals surface area contributed by atoms with Gasteiger partial charge in [-0.15, -0.1) is 5.10 Å². The summed E-state index contributed by atoms with van der Waals surface area (Å²) in [6.45, 7) is 1.55. The van der Waals surface area contributed by atoms with Gasteiger partial charge in [0, 0.05) is 30.8 Å². The molecule has 0 aromatic carbocycles. The summed E-state index contributed by atoms with van der Waals surface area (Å²) < 4.78 is 20.2. The minimum Gasteiger partial charge on any atom is -0.441 e. The summed E-state index contributed by atoms with van der Waals surface area (Å²) in [7, 11) is 1.61. The smallest absolute Gasteiger partial charge is 0.413 e. The maximum Gasteiger partial charge on any atom is 0.413 e. The highest BCUT2D eigenvalue weighted by atomic mass is 35.5. The molecule has 2 amide bonds. The van der Waals surface area contributed by atoms with Crippen molar-refractivity contribution in [2.24, 2.45) is 7.05 Å². The van der Waals surface area contributed by atoms with Gasteiger partial charge in [-0.1, -0.05) is 16.8 Å². The fourth-order valence-electron chi connectivity index (χ4n) is 3.15. The first-order valence-electron chi connectivity index (χ1n) is 9.29. The molecule has 0 bridgehead atoms. The number of aryl methyl sites for hydroxylation is 2. The molecule has 0 unspecified atom stereocenters. The molecule has 3 aromatic heterocycles. The number of pyridine rings is 2. The summed E-state index contributed by atoms with van der Waals surface area (Å²) in [4.78, 5) is 32.0. The zero-order valence-corrected chi connectivity index (χ0v) is 17.3. The van der Waals surface area contributed by atoms with E-state index in [1.807, 2.05) is 6.07 Å². The van der Waals surface area contributed by atoms with Crippen LogP contribution in [0.1, 0.15) is 30.6 Å². The Bertz CT molecular complexity index is 1180. The summed E-state index contributed by atoms with van der Waals surface area (Å²) in [5.74, 6) is 0.110. The molecule has 2 N–H and O–H groups in total. The van der Waals surface area contributed by atoms with Crippen molar-refractivity contribution in [3.63, 3.8) is 0 Å². The molecule has 4 rings (SSSR count). The van der Waals surface area contributed by atoms with E-state index < -0.39 is 18.0 Å². The zero-order valence-electron chi connectivity index (χ0n) is 16.5. The van der Waals surface area contributed by atoms with Crippen molar-refractivity contribution >= 4 is 35.2 Å². The lowest BCUT2D eigenvalue weighted by molar-refractivity contribution is -0.116. The van der Waals surface area contributed by atoms with E-state index >= 15 is 0 Å². The lowest BCUT2D eigenvalue weighted by Crippen LogP contribution is -2.20. The van der Waals surface area contributed by atoms with Crippen LogP contribution in [0.4, 0.5) is 20.8 Å². The third kappa shape index (κ3) is 4.31. The predicted octanol–water partition coefficient (Wildman–Crippen LogP) is 3.26. The summed E-state index contributed by atoms with van der Waals surface area (Å²) in [6, 6.07) is 2.99. The summed E-state index contributed by atoms with van der Waals surface area (Å²) >= 11 is 5.97. The van der Waals surface area contributed by atoms with Crippen molar-refractivity contribution in [3.8, 4) is 11.3 Å². The van der Waals surface area contributed by atoms with Crippen LogP contribution in [0.5, 0.6) is 0 Å². The second-order valence-corrected chi connectivity index (χ2v) is 7.25. The van der Waals surface area contributed by atoms with Crippen LogP contribution in [0.15, 0.2) is 24.5 Å². The van der Waals surface area contributed by atoms with E-state index in [0.29, 0.717) is 29.9 Å². The number of carbonyl (C=O) groups excluding carboxylic acids is 2. The Morgan fingerprint density at radius 2 is 2.13 bits per heavy atom. The van der Waals surface area contributed by atoms with E-state index in [1.54, 1.807) is 14.0 Å². The molecular weight excluding hydrogens is 429 g/mol.